The van der Waals surface area contributed by atoms with Crippen LogP contribution in [0.3, 0.4) is 0 Å². The lowest BCUT2D eigenvalue weighted by atomic mass is 10.1. The Hall–Kier alpha value is -3.28. The summed E-state index contributed by atoms with van der Waals surface area (Å²) in [7, 11) is 0. The van der Waals surface area contributed by atoms with Crippen molar-refractivity contribution in [3.63, 3.8) is 0 Å². The van der Waals surface area contributed by atoms with Gasteiger partial charge in [0.1, 0.15) is 23.2 Å². The van der Waals surface area contributed by atoms with Crippen molar-refractivity contribution in [2.24, 2.45) is 0 Å². The zero-order chi connectivity index (χ0) is 20.3. The Labute approximate surface area is 164 Å². The zero-order valence-corrected chi connectivity index (χ0v) is 16.4. The molecule has 0 saturated carbocycles. The zero-order valence-electron chi connectivity index (χ0n) is 16.4. The maximum Gasteiger partial charge on any atom is 0.270 e. The van der Waals surface area contributed by atoms with Gasteiger partial charge in [0.05, 0.1) is 0 Å². The monoisotopic (exact) mass is 378 g/mol. The summed E-state index contributed by atoms with van der Waals surface area (Å²) >= 11 is 0. The molecule has 1 aromatic heterocycles. The Morgan fingerprint density at radius 3 is 2.25 bits per heavy atom. The van der Waals surface area contributed by atoms with E-state index in [1.54, 1.807) is 25.1 Å². The third-order valence-corrected chi connectivity index (χ3v) is 4.37. The number of rotatable bonds is 5. The smallest absolute Gasteiger partial charge is 0.270 e. The van der Waals surface area contributed by atoms with Crippen LogP contribution in [-0.2, 0) is 6.54 Å². The van der Waals surface area contributed by atoms with Gasteiger partial charge < -0.3 is 10.6 Å². The van der Waals surface area contributed by atoms with Crippen molar-refractivity contribution in [2.75, 3.05) is 5.32 Å². The highest BCUT2D eigenvalue weighted by Crippen LogP contribution is 2.25. The van der Waals surface area contributed by atoms with Gasteiger partial charge in [0.2, 0.25) is 0 Å². The second-order valence-electron chi connectivity index (χ2n) is 6.89. The number of carbonyl (C=O) groups excluding carboxylic acids is 1. The molecule has 3 rings (SSSR count). The van der Waals surface area contributed by atoms with Crippen molar-refractivity contribution >= 4 is 17.4 Å². The summed E-state index contributed by atoms with van der Waals surface area (Å²) in [5.74, 6) is 0.447. The van der Waals surface area contributed by atoms with Crippen LogP contribution in [0.25, 0.3) is 0 Å². The fourth-order valence-corrected chi connectivity index (χ4v) is 3.13. The maximum atomic E-state index is 13.0. The van der Waals surface area contributed by atoms with Gasteiger partial charge in [-0.3, -0.25) is 4.79 Å². The van der Waals surface area contributed by atoms with E-state index >= 15 is 0 Å². The van der Waals surface area contributed by atoms with Crippen LogP contribution in [-0.4, -0.2) is 15.9 Å². The summed E-state index contributed by atoms with van der Waals surface area (Å²) in [5, 5.41) is 6.11. The first-order valence-electron chi connectivity index (χ1n) is 9.05. The maximum absolute atomic E-state index is 13.0. The molecule has 5 nitrogen and oxygen atoms in total. The number of hydrogen-bond donors (Lipinski definition) is 2. The standard InChI is InChI=1S/C22H23FN4O/c1-13-9-14(2)21(15(3)10-13)27-20-11-19(25-16(4)26-20)22(28)24-12-17-5-7-18(23)8-6-17/h5-11H,12H2,1-4H3,(H,24,28)(H,25,26,27). The highest BCUT2D eigenvalue weighted by Gasteiger charge is 2.12. The molecule has 6 heteroatoms. The quantitative estimate of drug-likeness (QED) is 0.685. The Kier molecular flexibility index (Phi) is 5.68. The summed E-state index contributed by atoms with van der Waals surface area (Å²) in [6.07, 6.45) is 0. The highest BCUT2D eigenvalue weighted by molar-refractivity contribution is 5.93. The van der Waals surface area contributed by atoms with Gasteiger partial charge in [0.25, 0.3) is 5.91 Å². The van der Waals surface area contributed by atoms with Crippen molar-refractivity contribution in [2.45, 2.75) is 34.2 Å². The average Bonchev–Trinajstić information content (AvgIpc) is 2.63. The molecule has 0 aliphatic carbocycles. The number of halogens is 1. The van der Waals surface area contributed by atoms with Gasteiger partial charge in [0.15, 0.2) is 0 Å². The molecule has 144 valence electrons. The van der Waals surface area contributed by atoms with Gasteiger partial charge in [-0.2, -0.15) is 0 Å². The minimum absolute atomic E-state index is 0.277. The fraction of sp³-hybridized carbons (Fsp3) is 0.227. The lowest BCUT2D eigenvalue weighted by molar-refractivity contribution is 0.0945. The first kappa shape index (κ1) is 19.5. The number of aryl methyl sites for hydroxylation is 4. The van der Waals surface area contributed by atoms with Gasteiger partial charge in [-0.25, -0.2) is 14.4 Å². The molecule has 28 heavy (non-hydrogen) atoms. The second-order valence-corrected chi connectivity index (χ2v) is 6.89. The van der Waals surface area contributed by atoms with Crippen LogP contribution >= 0.6 is 0 Å². The number of carbonyl (C=O) groups is 1. The molecule has 3 aromatic rings. The van der Waals surface area contributed by atoms with Crippen LogP contribution in [0.1, 0.15) is 38.6 Å². The minimum atomic E-state index is -0.310. The molecule has 0 radical (unpaired) electrons. The number of amides is 1. The van der Waals surface area contributed by atoms with Crippen molar-refractivity contribution in [1.82, 2.24) is 15.3 Å². The van der Waals surface area contributed by atoms with E-state index in [1.165, 1.54) is 17.7 Å². The molecule has 0 bridgehead atoms. The normalized spacial score (nSPS) is 10.6. The third-order valence-electron chi connectivity index (χ3n) is 4.37. The van der Waals surface area contributed by atoms with Crippen molar-refractivity contribution in [1.29, 1.82) is 0 Å². The molecule has 0 atom stereocenters. The van der Waals surface area contributed by atoms with Crippen LogP contribution in [0.15, 0.2) is 42.5 Å². The molecular formula is C22H23FN4O. The molecule has 0 aliphatic rings. The molecule has 2 N–H and O–H groups in total. The molecule has 0 saturated heterocycles. The van der Waals surface area contributed by atoms with Crippen LogP contribution in [0.5, 0.6) is 0 Å². The average molecular weight is 378 g/mol. The predicted molar refractivity (Wildman–Crippen MR) is 108 cm³/mol. The molecule has 0 unspecified atom stereocenters. The van der Waals surface area contributed by atoms with Gasteiger partial charge in [0, 0.05) is 18.3 Å². The molecule has 1 heterocycles. The lowest BCUT2D eigenvalue weighted by Gasteiger charge is -2.14. The number of nitrogens with one attached hydrogen (secondary N) is 2. The van der Waals surface area contributed by atoms with Gasteiger partial charge in [-0.1, -0.05) is 29.8 Å². The van der Waals surface area contributed by atoms with Gasteiger partial charge in [-0.15, -0.1) is 0 Å². The summed E-state index contributed by atoms with van der Waals surface area (Å²) < 4.78 is 13.0. The van der Waals surface area contributed by atoms with E-state index in [2.05, 4.69) is 39.7 Å². The van der Waals surface area contributed by atoms with Crippen LogP contribution in [0.4, 0.5) is 15.9 Å². The summed E-state index contributed by atoms with van der Waals surface area (Å²) in [5.41, 5.74) is 5.47. The first-order valence-corrected chi connectivity index (χ1v) is 9.05. The number of benzene rings is 2. The Balaban J connectivity index is 1.77. The van der Waals surface area contributed by atoms with E-state index in [4.69, 9.17) is 0 Å². The Morgan fingerprint density at radius 2 is 1.61 bits per heavy atom. The van der Waals surface area contributed by atoms with Gasteiger partial charge in [-0.05, 0) is 56.5 Å². The van der Waals surface area contributed by atoms with Gasteiger partial charge >= 0.3 is 0 Å². The molecule has 1 amide bonds. The largest absolute Gasteiger partial charge is 0.347 e. The number of aromatic nitrogens is 2. The van der Waals surface area contributed by atoms with Crippen LogP contribution < -0.4 is 10.6 Å². The number of anilines is 2. The summed E-state index contributed by atoms with van der Waals surface area (Å²) in [6.45, 7) is 8.17. The Bertz CT molecular complexity index is 993. The highest BCUT2D eigenvalue weighted by atomic mass is 19.1. The lowest BCUT2D eigenvalue weighted by Crippen LogP contribution is -2.24. The molecule has 0 aliphatic heterocycles. The molecule has 0 fully saturated rings. The minimum Gasteiger partial charge on any atom is -0.347 e. The summed E-state index contributed by atoms with van der Waals surface area (Å²) in [4.78, 5) is 21.2. The Morgan fingerprint density at radius 1 is 0.964 bits per heavy atom. The molecule has 0 spiro atoms. The van der Waals surface area contributed by atoms with Crippen LogP contribution in [0, 0.1) is 33.5 Å². The van der Waals surface area contributed by atoms with Crippen LogP contribution in [0.2, 0.25) is 0 Å². The summed E-state index contributed by atoms with van der Waals surface area (Å²) in [6, 6.07) is 11.8. The predicted octanol–water partition coefficient (Wildman–Crippen LogP) is 4.52. The first-order chi connectivity index (χ1) is 13.3. The fourth-order valence-electron chi connectivity index (χ4n) is 3.13. The second kappa shape index (κ2) is 8.17. The van der Waals surface area contributed by atoms with E-state index in [1.807, 2.05) is 13.8 Å². The molecular weight excluding hydrogens is 355 g/mol. The molecule has 2 aromatic carbocycles. The van der Waals surface area contributed by atoms with E-state index in [0.717, 1.165) is 22.4 Å². The number of nitrogens with zero attached hydrogens (tertiary/aromatic N) is 2. The van der Waals surface area contributed by atoms with E-state index in [9.17, 15) is 9.18 Å². The number of hydrogen-bond acceptors (Lipinski definition) is 4. The van der Waals surface area contributed by atoms with Crippen molar-refractivity contribution in [3.05, 3.63) is 82.1 Å². The van der Waals surface area contributed by atoms with E-state index < -0.39 is 0 Å². The van der Waals surface area contributed by atoms with Crippen molar-refractivity contribution in [3.8, 4) is 0 Å². The van der Waals surface area contributed by atoms with E-state index in [0.29, 0.717) is 18.2 Å². The SMILES string of the molecule is Cc1cc(C)c(Nc2cc(C(=O)NCc3ccc(F)cc3)nc(C)n2)c(C)c1. The van der Waals surface area contributed by atoms with E-state index in [-0.39, 0.29) is 17.4 Å². The third kappa shape index (κ3) is 4.71. The van der Waals surface area contributed by atoms with Crippen molar-refractivity contribution < 1.29 is 9.18 Å². The topological polar surface area (TPSA) is 66.9 Å².